The molecule has 11 rings (SSSR count). The molecule has 0 spiro atoms. The van der Waals surface area contributed by atoms with E-state index >= 15 is 0 Å². The van der Waals surface area contributed by atoms with Crippen molar-refractivity contribution in [3.8, 4) is 27.9 Å². The normalized spacial score (nSPS) is 12.6. The number of hydrogen-bond donors (Lipinski definition) is 0. The Morgan fingerprint density at radius 3 is 2.15 bits per heavy atom. The van der Waals surface area contributed by atoms with Gasteiger partial charge in [0.25, 0.3) is 0 Å². The predicted octanol–water partition coefficient (Wildman–Crippen LogP) is 12.2. The molecule has 10 aromatic rings. The minimum atomic E-state index is 0.898. The van der Waals surface area contributed by atoms with Crippen molar-refractivity contribution in [1.82, 2.24) is 4.57 Å². The molecule has 2 heteroatoms. The number of furan rings is 1. The van der Waals surface area contributed by atoms with Gasteiger partial charge in [0.2, 0.25) is 0 Å². The second kappa shape index (κ2) is 9.22. The van der Waals surface area contributed by atoms with Crippen molar-refractivity contribution in [1.29, 1.82) is 0 Å². The molecule has 0 radical (unpaired) electrons. The molecule has 0 amide bonds. The molecule has 47 heavy (non-hydrogen) atoms. The van der Waals surface area contributed by atoms with Crippen LogP contribution in [-0.4, -0.2) is 4.57 Å². The number of hydrogen-bond acceptors (Lipinski definition) is 1. The lowest BCUT2D eigenvalue weighted by Gasteiger charge is -2.10. The first-order valence-electron chi connectivity index (χ1n) is 16.3. The molecular formula is C45H27NO. The van der Waals surface area contributed by atoms with E-state index in [0.717, 1.165) is 23.3 Å². The SMILES string of the molecule is c1ccc(-n2c3cc(-c4ccc5oc6c7c(c8ccccc8c6c5c4)-c4ccccc4C7)ccc3c3c4ccccc4ccc32)cc1. The van der Waals surface area contributed by atoms with Gasteiger partial charge in [-0.05, 0) is 85.8 Å². The lowest BCUT2D eigenvalue weighted by Crippen LogP contribution is -1.93. The molecule has 0 atom stereocenters. The molecule has 0 N–H and O–H groups in total. The van der Waals surface area contributed by atoms with E-state index in [2.05, 4.69) is 156 Å². The summed E-state index contributed by atoms with van der Waals surface area (Å²) in [5.41, 5.74) is 13.3. The molecule has 0 unspecified atom stereocenters. The fraction of sp³-hybridized carbons (Fsp3) is 0.0222. The van der Waals surface area contributed by atoms with Crippen LogP contribution in [0.3, 0.4) is 0 Å². The van der Waals surface area contributed by atoms with Gasteiger partial charge in [0.05, 0.1) is 11.0 Å². The van der Waals surface area contributed by atoms with E-state index in [1.54, 1.807) is 0 Å². The fourth-order valence-corrected chi connectivity index (χ4v) is 8.36. The van der Waals surface area contributed by atoms with Crippen molar-refractivity contribution in [2.24, 2.45) is 0 Å². The highest BCUT2D eigenvalue weighted by Crippen LogP contribution is 2.49. The number of rotatable bonds is 2. The third kappa shape index (κ3) is 3.39. The number of fused-ring (bicyclic) bond motifs is 15. The van der Waals surface area contributed by atoms with Crippen LogP contribution >= 0.6 is 0 Å². The highest BCUT2D eigenvalue weighted by molar-refractivity contribution is 6.25. The van der Waals surface area contributed by atoms with Crippen molar-refractivity contribution in [2.75, 3.05) is 0 Å². The molecule has 2 aromatic heterocycles. The van der Waals surface area contributed by atoms with E-state index in [4.69, 9.17) is 4.42 Å². The van der Waals surface area contributed by atoms with Crippen LogP contribution in [0.5, 0.6) is 0 Å². The molecule has 1 aliphatic rings. The molecule has 218 valence electrons. The van der Waals surface area contributed by atoms with Crippen LogP contribution in [0, 0.1) is 0 Å². The molecule has 0 saturated heterocycles. The Bertz CT molecular complexity index is 2920. The van der Waals surface area contributed by atoms with Gasteiger partial charge in [-0.1, -0.05) is 115 Å². The number of nitrogens with zero attached hydrogens (tertiary/aromatic N) is 1. The molecule has 0 aliphatic heterocycles. The zero-order chi connectivity index (χ0) is 30.6. The lowest BCUT2D eigenvalue weighted by molar-refractivity contribution is 0.665. The molecule has 0 bridgehead atoms. The molecule has 0 fully saturated rings. The second-order valence-electron chi connectivity index (χ2n) is 12.8. The third-order valence-electron chi connectivity index (χ3n) is 10.4. The van der Waals surface area contributed by atoms with Gasteiger partial charge in [0, 0.05) is 39.2 Å². The Labute approximate surface area is 270 Å². The molecule has 2 nitrogen and oxygen atoms in total. The summed E-state index contributed by atoms with van der Waals surface area (Å²) in [5, 5.41) is 10.0. The van der Waals surface area contributed by atoms with Crippen molar-refractivity contribution >= 4 is 65.3 Å². The van der Waals surface area contributed by atoms with Gasteiger partial charge in [-0.3, -0.25) is 0 Å². The van der Waals surface area contributed by atoms with Crippen LogP contribution in [0.15, 0.2) is 156 Å². The summed E-state index contributed by atoms with van der Waals surface area (Å²) in [6, 6.07) is 55.3. The summed E-state index contributed by atoms with van der Waals surface area (Å²) < 4.78 is 9.17. The molecule has 0 saturated carbocycles. The van der Waals surface area contributed by atoms with Gasteiger partial charge in [-0.25, -0.2) is 0 Å². The maximum absolute atomic E-state index is 6.75. The number of para-hydroxylation sites is 1. The van der Waals surface area contributed by atoms with Gasteiger partial charge in [0.15, 0.2) is 0 Å². The van der Waals surface area contributed by atoms with E-state index in [-0.39, 0.29) is 0 Å². The van der Waals surface area contributed by atoms with Gasteiger partial charge >= 0.3 is 0 Å². The van der Waals surface area contributed by atoms with Crippen LogP contribution in [0.4, 0.5) is 0 Å². The molecular weight excluding hydrogens is 571 g/mol. The summed E-state index contributed by atoms with van der Waals surface area (Å²) in [4.78, 5) is 0. The summed E-state index contributed by atoms with van der Waals surface area (Å²) in [6.45, 7) is 0. The monoisotopic (exact) mass is 597 g/mol. The maximum atomic E-state index is 6.75. The van der Waals surface area contributed by atoms with Crippen LogP contribution in [-0.2, 0) is 6.42 Å². The Morgan fingerprint density at radius 2 is 1.23 bits per heavy atom. The summed E-state index contributed by atoms with van der Waals surface area (Å²) in [6.07, 6.45) is 0.898. The Morgan fingerprint density at radius 1 is 0.489 bits per heavy atom. The first kappa shape index (κ1) is 25.1. The zero-order valence-electron chi connectivity index (χ0n) is 25.5. The third-order valence-corrected chi connectivity index (χ3v) is 10.4. The number of benzene rings is 8. The lowest BCUT2D eigenvalue weighted by atomic mass is 9.93. The summed E-state index contributed by atoms with van der Waals surface area (Å²) in [5.74, 6) is 0. The highest BCUT2D eigenvalue weighted by Gasteiger charge is 2.27. The first-order valence-corrected chi connectivity index (χ1v) is 16.3. The topological polar surface area (TPSA) is 18.1 Å². The van der Waals surface area contributed by atoms with Crippen LogP contribution in [0.25, 0.3) is 93.2 Å². The molecule has 8 aromatic carbocycles. The highest BCUT2D eigenvalue weighted by atomic mass is 16.3. The molecule has 1 aliphatic carbocycles. The average molecular weight is 598 g/mol. The smallest absolute Gasteiger partial charge is 0.140 e. The standard InChI is InChI=1S/C45H27NO/c1-2-12-31(13-3-1)46-39-22-19-27-10-4-6-14-32(27)43(39)36-21-18-29(26-40(36)46)28-20-23-41-37(24-28)44-35-17-9-8-16-34(35)42-33-15-7-5-11-30(33)25-38(42)45(44)47-41/h1-24,26H,25H2. The van der Waals surface area contributed by atoms with E-state index in [1.165, 1.54) is 87.5 Å². The van der Waals surface area contributed by atoms with Crippen molar-refractivity contribution in [2.45, 2.75) is 6.42 Å². The second-order valence-corrected chi connectivity index (χ2v) is 12.8. The van der Waals surface area contributed by atoms with Crippen molar-refractivity contribution < 1.29 is 4.42 Å². The first-order chi connectivity index (χ1) is 23.3. The van der Waals surface area contributed by atoms with E-state index < -0.39 is 0 Å². The van der Waals surface area contributed by atoms with Crippen molar-refractivity contribution in [3.05, 3.63) is 163 Å². The maximum Gasteiger partial charge on any atom is 0.140 e. The van der Waals surface area contributed by atoms with Crippen LogP contribution < -0.4 is 0 Å². The Hall–Kier alpha value is -6.12. The predicted molar refractivity (Wildman–Crippen MR) is 197 cm³/mol. The Kier molecular flexibility index (Phi) is 4.92. The largest absolute Gasteiger partial charge is 0.456 e. The minimum Gasteiger partial charge on any atom is -0.456 e. The average Bonchev–Trinajstić information content (AvgIpc) is 3.81. The van der Waals surface area contributed by atoms with E-state index in [0.29, 0.717) is 0 Å². The number of aromatic nitrogens is 1. The fourth-order valence-electron chi connectivity index (χ4n) is 8.36. The zero-order valence-corrected chi connectivity index (χ0v) is 25.5. The Balaban J connectivity index is 1.18. The quantitative estimate of drug-likeness (QED) is 0.194. The van der Waals surface area contributed by atoms with Crippen LogP contribution in [0.1, 0.15) is 11.1 Å². The van der Waals surface area contributed by atoms with E-state index in [1.807, 2.05) is 0 Å². The summed E-state index contributed by atoms with van der Waals surface area (Å²) >= 11 is 0. The van der Waals surface area contributed by atoms with E-state index in [9.17, 15) is 0 Å². The molecule has 2 heterocycles. The summed E-state index contributed by atoms with van der Waals surface area (Å²) in [7, 11) is 0. The minimum absolute atomic E-state index is 0.898. The van der Waals surface area contributed by atoms with Crippen molar-refractivity contribution in [3.63, 3.8) is 0 Å². The van der Waals surface area contributed by atoms with Gasteiger partial charge in [-0.15, -0.1) is 0 Å². The van der Waals surface area contributed by atoms with Gasteiger partial charge in [0.1, 0.15) is 11.2 Å². The van der Waals surface area contributed by atoms with Gasteiger partial charge in [-0.2, -0.15) is 0 Å². The van der Waals surface area contributed by atoms with Crippen LogP contribution in [0.2, 0.25) is 0 Å². The van der Waals surface area contributed by atoms with Gasteiger partial charge < -0.3 is 8.98 Å².